The van der Waals surface area contributed by atoms with Crippen LogP contribution >= 0.6 is 0 Å². The maximum atomic E-state index is 14.6. The van der Waals surface area contributed by atoms with E-state index in [1.807, 2.05) is 6.92 Å². The van der Waals surface area contributed by atoms with Crippen LogP contribution in [0.5, 0.6) is 0 Å². The summed E-state index contributed by atoms with van der Waals surface area (Å²) in [6.07, 6.45) is 5.28. The van der Waals surface area contributed by atoms with Crippen LogP contribution in [0.2, 0.25) is 0 Å². The summed E-state index contributed by atoms with van der Waals surface area (Å²) in [5.74, 6) is -1.42. The van der Waals surface area contributed by atoms with Crippen LogP contribution in [0.3, 0.4) is 0 Å². The standard InChI is InChI=1S/C36H42F2N6O3/c1-22-20-43(15-14-42(22)3)29-10-11-30(25(17-29)7-6-24-4-5-24)23(2)40-36(47)33-18-28(38)21-44(33)34(45)19-39-35(46)32-12-8-26-16-27(37)9-13-31(26)41-32/h6-13,16-17,22-24,28,33H,4-5,14-15,18-21H2,1-3H3,(H,39,46)(H,40,47)/b7-6+/t22?,23-,28+,33-/m0/s1. The number of alkyl halides is 1. The van der Waals surface area contributed by atoms with Crippen LogP contribution in [-0.4, -0.2) is 90.5 Å². The van der Waals surface area contributed by atoms with Gasteiger partial charge in [-0.05, 0) is 87.2 Å². The van der Waals surface area contributed by atoms with Gasteiger partial charge in [-0.1, -0.05) is 24.3 Å². The number of hydrogen-bond donors (Lipinski definition) is 2. The number of hydrogen-bond acceptors (Lipinski definition) is 6. The summed E-state index contributed by atoms with van der Waals surface area (Å²) < 4.78 is 28.1. The van der Waals surface area contributed by atoms with E-state index in [2.05, 4.69) is 69.7 Å². The molecule has 248 valence electrons. The molecule has 9 nitrogen and oxygen atoms in total. The summed E-state index contributed by atoms with van der Waals surface area (Å²) in [5.41, 5.74) is 3.62. The summed E-state index contributed by atoms with van der Waals surface area (Å²) in [7, 11) is 2.15. The van der Waals surface area contributed by atoms with E-state index < -0.39 is 42.3 Å². The van der Waals surface area contributed by atoms with E-state index in [4.69, 9.17) is 0 Å². The first-order chi connectivity index (χ1) is 22.5. The molecule has 2 N–H and O–H groups in total. The molecule has 3 heterocycles. The summed E-state index contributed by atoms with van der Waals surface area (Å²) in [6.45, 7) is 6.34. The van der Waals surface area contributed by atoms with Crippen LogP contribution < -0.4 is 15.5 Å². The highest BCUT2D eigenvalue weighted by Gasteiger charge is 2.40. The maximum absolute atomic E-state index is 14.6. The van der Waals surface area contributed by atoms with Gasteiger partial charge in [-0.2, -0.15) is 0 Å². The topological polar surface area (TPSA) is 97.9 Å². The third-order valence-electron chi connectivity index (χ3n) is 9.55. The van der Waals surface area contributed by atoms with Crippen molar-refractivity contribution < 1.29 is 23.2 Å². The Bertz CT molecular complexity index is 1690. The second-order valence-corrected chi connectivity index (χ2v) is 13.1. The smallest absolute Gasteiger partial charge is 0.270 e. The maximum Gasteiger partial charge on any atom is 0.270 e. The van der Waals surface area contributed by atoms with Gasteiger partial charge in [-0.25, -0.2) is 13.8 Å². The molecule has 0 radical (unpaired) electrons. The molecular formula is C36H42F2N6O3. The van der Waals surface area contributed by atoms with Gasteiger partial charge >= 0.3 is 0 Å². The molecule has 0 bridgehead atoms. The SMILES string of the molecule is CC1CN(c2ccc([C@H](C)NC(=O)[C@@H]3C[C@@H](F)CN3C(=O)CNC(=O)c3ccc4cc(F)ccc4n3)c(/C=C/C3CC3)c2)CCN1C. The number of carbonyl (C=O) groups is 3. The summed E-state index contributed by atoms with van der Waals surface area (Å²) in [6, 6.07) is 12.5. The molecule has 3 amide bonds. The van der Waals surface area contributed by atoms with Crippen LogP contribution in [0, 0.1) is 11.7 Å². The fourth-order valence-electron chi connectivity index (χ4n) is 6.38. The number of rotatable bonds is 9. The first kappa shape index (κ1) is 32.6. The zero-order valence-electron chi connectivity index (χ0n) is 27.1. The fourth-order valence-corrected chi connectivity index (χ4v) is 6.38. The molecule has 1 aromatic heterocycles. The van der Waals surface area contributed by atoms with E-state index in [-0.39, 0.29) is 24.7 Å². The Morgan fingerprint density at radius 3 is 2.64 bits per heavy atom. The predicted octanol–water partition coefficient (Wildman–Crippen LogP) is 4.48. The number of aromatic nitrogens is 1. The lowest BCUT2D eigenvalue weighted by Crippen LogP contribution is -2.50. The van der Waals surface area contributed by atoms with Gasteiger partial charge in [0.2, 0.25) is 11.8 Å². The van der Waals surface area contributed by atoms with Gasteiger partial charge in [0.25, 0.3) is 5.91 Å². The molecule has 2 aliphatic heterocycles. The highest BCUT2D eigenvalue weighted by molar-refractivity contribution is 5.97. The summed E-state index contributed by atoms with van der Waals surface area (Å²) >= 11 is 0. The van der Waals surface area contributed by atoms with Gasteiger partial charge in [0.05, 0.1) is 24.6 Å². The lowest BCUT2D eigenvalue weighted by Gasteiger charge is -2.39. The molecule has 2 saturated heterocycles. The van der Waals surface area contributed by atoms with Gasteiger partial charge in [0, 0.05) is 43.2 Å². The number of piperazine rings is 1. The van der Waals surface area contributed by atoms with Gasteiger partial charge in [0.1, 0.15) is 23.7 Å². The lowest BCUT2D eigenvalue weighted by molar-refractivity contribution is -0.138. The van der Waals surface area contributed by atoms with Gasteiger partial charge in [0.15, 0.2) is 0 Å². The Balaban J connectivity index is 1.11. The number of allylic oxidation sites excluding steroid dienone is 1. The van der Waals surface area contributed by atoms with Crippen LogP contribution in [0.25, 0.3) is 17.0 Å². The van der Waals surface area contributed by atoms with E-state index in [1.54, 1.807) is 6.07 Å². The number of carbonyl (C=O) groups excluding carboxylic acids is 3. The summed E-state index contributed by atoms with van der Waals surface area (Å²) in [5, 5.41) is 6.10. The van der Waals surface area contributed by atoms with Crippen molar-refractivity contribution in [2.45, 2.75) is 57.4 Å². The average Bonchev–Trinajstić information content (AvgIpc) is 3.81. The monoisotopic (exact) mass is 644 g/mol. The number of amides is 3. The van der Waals surface area contributed by atoms with Crippen molar-refractivity contribution in [2.75, 3.05) is 44.7 Å². The van der Waals surface area contributed by atoms with E-state index in [1.165, 1.54) is 42.0 Å². The number of pyridine rings is 1. The summed E-state index contributed by atoms with van der Waals surface area (Å²) in [4.78, 5) is 49.7. The number of likely N-dealkylation sites (tertiary alicyclic amines) is 1. The third-order valence-corrected chi connectivity index (χ3v) is 9.55. The normalized spacial score (nSPS) is 22.5. The van der Waals surface area contributed by atoms with Gasteiger partial charge in [-0.3, -0.25) is 14.4 Å². The first-order valence-corrected chi connectivity index (χ1v) is 16.4. The van der Waals surface area contributed by atoms with Crippen LogP contribution in [0.4, 0.5) is 14.5 Å². The van der Waals surface area contributed by atoms with Crippen molar-refractivity contribution in [1.29, 1.82) is 0 Å². The van der Waals surface area contributed by atoms with Gasteiger partial charge in [-0.15, -0.1) is 0 Å². The molecule has 11 heteroatoms. The zero-order chi connectivity index (χ0) is 33.2. The number of nitrogens with one attached hydrogen (secondary N) is 2. The molecule has 1 aliphatic carbocycles. The highest BCUT2D eigenvalue weighted by atomic mass is 19.1. The van der Waals surface area contributed by atoms with Crippen LogP contribution in [-0.2, 0) is 9.59 Å². The molecule has 2 aromatic carbocycles. The fraction of sp³-hybridized carbons (Fsp3) is 0.444. The third kappa shape index (κ3) is 7.62. The van der Waals surface area contributed by atoms with Crippen molar-refractivity contribution in [3.05, 3.63) is 77.2 Å². The Kier molecular flexibility index (Phi) is 9.54. The second-order valence-electron chi connectivity index (χ2n) is 13.1. The minimum absolute atomic E-state index is 0.0597. The average molecular weight is 645 g/mol. The molecule has 1 saturated carbocycles. The quantitative estimate of drug-likeness (QED) is 0.357. The van der Waals surface area contributed by atoms with Gasteiger partial charge < -0.3 is 25.3 Å². The molecule has 4 atom stereocenters. The molecule has 3 aliphatic rings. The molecule has 1 unspecified atom stereocenters. The van der Waals surface area contributed by atoms with Crippen molar-refractivity contribution in [3.8, 4) is 0 Å². The Hall–Kier alpha value is -4.38. The second kappa shape index (κ2) is 13.8. The van der Waals surface area contributed by atoms with E-state index in [9.17, 15) is 23.2 Å². The van der Waals surface area contributed by atoms with E-state index >= 15 is 0 Å². The molecule has 0 spiro atoms. The van der Waals surface area contributed by atoms with Crippen LogP contribution in [0.15, 0.2) is 54.6 Å². The first-order valence-electron chi connectivity index (χ1n) is 16.4. The number of benzene rings is 2. The molecule has 6 rings (SSSR count). The van der Waals surface area contributed by atoms with Crippen molar-refractivity contribution in [3.63, 3.8) is 0 Å². The molecule has 3 aromatic rings. The van der Waals surface area contributed by atoms with Crippen molar-refractivity contribution in [2.24, 2.45) is 5.92 Å². The van der Waals surface area contributed by atoms with E-state index in [0.29, 0.717) is 22.9 Å². The van der Waals surface area contributed by atoms with Crippen LogP contribution in [0.1, 0.15) is 60.8 Å². The highest BCUT2D eigenvalue weighted by Crippen LogP contribution is 2.33. The van der Waals surface area contributed by atoms with Crippen molar-refractivity contribution >= 4 is 40.4 Å². The number of anilines is 1. The Morgan fingerprint density at radius 2 is 1.87 bits per heavy atom. The Labute approximate surface area is 274 Å². The number of fused-ring (bicyclic) bond motifs is 1. The van der Waals surface area contributed by atoms with Crippen molar-refractivity contribution in [1.82, 2.24) is 25.4 Å². The number of halogens is 2. The lowest BCUT2D eigenvalue weighted by atomic mass is 9.98. The largest absolute Gasteiger partial charge is 0.369 e. The predicted molar refractivity (Wildman–Crippen MR) is 178 cm³/mol. The molecule has 47 heavy (non-hydrogen) atoms. The molecule has 3 fully saturated rings. The van der Waals surface area contributed by atoms with E-state index in [0.717, 1.165) is 36.4 Å². The zero-order valence-corrected chi connectivity index (χ0v) is 27.1. The molecular weight excluding hydrogens is 602 g/mol. The minimum atomic E-state index is -1.36. The Morgan fingerprint density at radius 1 is 1.06 bits per heavy atom. The number of nitrogens with zero attached hydrogens (tertiary/aromatic N) is 4. The number of likely N-dealkylation sites (N-methyl/N-ethyl adjacent to an activating group) is 1. The minimum Gasteiger partial charge on any atom is -0.369 e.